The van der Waals surface area contributed by atoms with Crippen molar-refractivity contribution in [3.63, 3.8) is 0 Å². The fourth-order valence-corrected chi connectivity index (χ4v) is 4.42. The summed E-state index contributed by atoms with van der Waals surface area (Å²) in [5.41, 5.74) is 0. The molecular weight excluding hydrogens is 160 g/mol. The summed E-state index contributed by atoms with van der Waals surface area (Å²) in [6.07, 6.45) is 0. The van der Waals surface area contributed by atoms with Crippen molar-refractivity contribution < 1.29 is 13.5 Å². The largest absolute Gasteiger partial charge is 0.394 e. The van der Waals surface area contributed by atoms with E-state index in [0.717, 1.165) is 0 Å². The number of aliphatic hydroxyl groups excluding tert-OH is 1. The van der Waals surface area contributed by atoms with E-state index in [1.54, 1.807) is 0 Å². The Bertz CT molecular complexity index is 140. The quantitative estimate of drug-likeness (QED) is 0.536. The molecule has 1 rings (SSSR count). The Morgan fingerprint density at radius 2 is 1.78 bits per heavy atom. The fourth-order valence-electron chi connectivity index (χ4n) is 0.713. The zero-order valence-corrected chi connectivity index (χ0v) is 6.41. The van der Waals surface area contributed by atoms with Crippen LogP contribution in [0.2, 0.25) is 0 Å². The standard InChI is InChI=1S/C4H8O3S2/c5-3-4-8(6)1-2-9(4)7/h4-5H,1-3H2/t8-,9-/m1/s1. The van der Waals surface area contributed by atoms with Crippen LogP contribution in [0.15, 0.2) is 0 Å². The normalized spacial score (nSPS) is 37.4. The van der Waals surface area contributed by atoms with Gasteiger partial charge in [0, 0.05) is 33.1 Å². The van der Waals surface area contributed by atoms with Gasteiger partial charge in [0.05, 0.1) is 6.61 Å². The Kier molecular flexibility index (Phi) is 2.37. The van der Waals surface area contributed by atoms with Crippen LogP contribution >= 0.6 is 0 Å². The lowest BCUT2D eigenvalue weighted by Crippen LogP contribution is -2.17. The number of aliphatic hydroxyl groups is 1. The van der Waals surface area contributed by atoms with Gasteiger partial charge >= 0.3 is 0 Å². The van der Waals surface area contributed by atoms with Crippen molar-refractivity contribution in [2.45, 2.75) is 4.58 Å². The first-order chi connectivity index (χ1) is 4.25. The van der Waals surface area contributed by atoms with Crippen molar-refractivity contribution in [1.29, 1.82) is 0 Å². The molecule has 0 aromatic carbocycles. The summed E-state index contributed by atoms with van der Waals surface area (Å²) in [5.74, 6) is 0.968. The molecule has 1 aliphatic heterocycles. The molecule has 0 amide bonds. The third kappa shape index (κ3) is 1.39. The van der Waals surface area contributed by atoms with Gasteiger partial charge in [-0.2, -0.15) is 0 Å². The molecule has 0 bridgehead atoms. The molecule has 9 heavy (non-hydrogen) atoms. The molecule has 1 saturated heterocycles. The van der Waals surface area contributed by atoms with Crippen molar-refractivity contribution in [3.8, 4) is 0 Å². The fraction of sp³-hybridized carbons (Fsp3) is 1.00. The molecule has 1 fully saturated rings. The minimum absolute atomic E-state index is 0.209. The van der Waals surface area contributed by atoms with E-state index < -0.39 is 26.2 Å². The van der Waals surface area contributed by atoms with Crippen molar-refractivity contribution in [2.75, 3.05) is 18.1 Å². The minimum atomic E-state index is -1.04. The van der Waals surface area contributed by atoms with Crippen molar-refractivity contribution in [2.24, 2.45) is 0 Å². The molecule has 0 spiro atoms. The molecule has 54 valence electrons. The molecule has 1 N–H and O–H groups in total. The first-order valence-electron chi connectivity index (χ1n) is 2.61. The van der Waals surface area contributed by atoms with E-state index in [4.69, 9.17) is 5.11 Å². The highest BCUT2D eigenvalue weighted by molar-refractivity contribution is 8.06. The summed E-state index contributed by atoms with van der Waals surface area (Å²) >= 11 is 0. The second kappa shape index (κ2) is 2.90. The van der Waals surface area contributed by atoms with E-state index in [9.17, 15) is 8.42 Å². The molecule has 0 aromatic rings. The highest BCUT2D eigenvalue weighted by Crippen LogP contribution is 2.10. The van der Waals surface area contributed by atoms with Gasteiger partial charge in [0.15, 0.2) is 0 Å². The molecule has 0 radical (unpaired) electrons. The van der Waals surface area contributed by atoms with Gasteiger partial charge in [0.2, 0.25) is 0 Å². The van der Waals surface area contributed by atoms with Gasteiger partial charge in [0.1, 0.15) is 4.58 Å². The second-order valence-corrected chi connectivity index (χ2v) is 5.56. The lowest BCUT2D eigenvalue weighted by atomic mass is 10.9. The summed E-state index contributed by atoms with van der Waals surface area (Å²) in [6, 6.07) is 0. The van der Waals surface area contributed by atoms with E-state index in [1.165, 1.54) is 0 Å². The average Bonchev–Trinajstić information content (AvgIpc) is 2.12. The van der Waals surface area contributed by atoms with Crippen LogP contribution in [0, 0.1) is 0 Å². The summed E-state index contributed by atoms with van der Waals surface area (Å²) in [6.45, 7) is -0.209. The Morgan fingerprint density at radius 3 is 2.00 bits per heavy atom. The van der Waals surface area contributed by atoms with Gasteiger partial charge in [-0.25, -0.2) is 0 Å². The van der Waals surface area contributed by atoms with Gasteiger partial charge < -0.3 is 5.11 Å². The third-order valence-electron chi connectivity index (χ3n) is 1.22. The maximum absolute atomic E-state index is 10.8. The van der Waals surface area contributed by atoms with E-state index in [-0.39, 0.29) is 6.61 Å². The summed E-state index contributed by atoms with van der Waals surface area (Å²) in [7, 11) is -2.08. The topological polar surface area (TPSA) is 54.4 Å². The van der Waals surface area contributed by atoms with Gasteiger partial charge in [-0.1, -0.05) is 0 Å². The van der Waals surface area contributed by atoms with Gasteiger partial charge in [-0.05, 0) is 0 Å². The van der Waals surface area contributed by atoms with Crippen LogP contribution in [0.5, 0.6) is 0 Å². The van der Waals surface area contributed by atoms with Crippen LogP contribution in [0.25, 0.3) is 0 Å². The van der Waals surface area contributed by atoms with E-state index in [2.05, 4.69) is 0 Å². The number of rotatable bonds is 1. The van der Waals surface area contributed by atoms with Gasteiger partial charge in [-0.3, -0.25) is 8.42 Å². The Morgan fingerprint density at radius 1 is 1.33 bits per heavy atom. The second-order valence-electron chi connectivity index (χ2n) is 1.78. The summed E-state index contributed by atoms with van der Waals surface area (Å²) in [5, 5.41) is 8.52. The van der Waals surface area contributed by atoms with Crippen LogP contribution in [-0.2, 0) is 21.6 Å². The molecule has 0 saturated carbocycles. The predicted octanol–water partition coefficient (Wildman–Crippen LogP) is -1.18. The van der Waals surface area contributed by atoms with E-state index >= 15 is 0 Å². The third-order valence-corrected chi connectivity index (χ3v) is 5.45. The predicted molar refractivity (Wildman–Crippen MR) is 36.9 cm³/mol. The molecule has 0 unspecified atom stereocenters. The van der Waals surface area contributed by atoms with Crippen molar-refractivity contribution in [1.82, 2.24) is 0 Å². The monoisotopic (exact) mass is 168 g/mol. The minimum Gasteiger partial charge on any atom is -0.394 e. The van der Waals surface area contributed by atoms with Crippen LogP contribution in [-0.4, -0.2) is 36.2 Å². The Hall–Kier alpha value is 0.260. The highest BCUT2D eigenvalue weighted by Gasteiger charge is 2.29. The Balaban J connectivity index is 2.66. The summed E-state index contributed by atoms with van der Waals surface area (Å²) < 4.78 is 21.1. The van der Waals surface area contributed by atoms with Crippen LogP contribution in [0.3, 0.4) is 0 Å². The zero-order chi connectivity index (χ0) is 6.85. The smallest absolute Gasteiger partial charge is 0.133 e. The number of hydrogen-bond acceptors (Lipinski definition) is 3. The van der Waals surface area contributed by atoms with E-state index in [1.807, 2.05) is 0 Å². The Labute approximate surface area is 58.4 Å². The molecule has 3 nitrogen and oxygen atoms in total. The molecule has 0 aromatic heterocycles. The lowest BCUT2D eigenvalue weighted by molar-refractivity contribution is 0.313. The first kappa shape index (κ1) is 7.37. The average molecular weight is 168 g/mol. The lowest BCUT2D eigenvalue weighted by Gasteiger charge is -1.99. The molecule has 1 heterocycles. The van der Waals surface area contributed by atoms with Gasteiger partial charge in [0.25, 0.3) is 0 Å². The van der Waals surface area contributed by atoms with Gasteiger partial charge in [-0.15, -0.1) is 0 Å². The molecular formula is C4H8O3S2. The maximum Gasteiger partial charge on any atom is 0.133 e. The first-order valence-corrected chi connectivity index (χ1v) is 5.37. The molecule has 0 aliphatic carbocycles. The maximum atomic E-state index is 10.8. The molecule has 5 heteroatoms. The zero-order valence-electron chi connectivity index (χ0n) is 4.78. The molecule has 2 atom stereocenters. The summed E-state index contributed by atoms with van der Waals surface area (Å²) in [4.78, 5) is 0. The van der Waals surface area contributed by atoms with Crippen molar-refractivity contribution in [3.05, 3.63) is 0 Å². The van der Waals surface area contributed by atoms with E-state index in [0.29, 0.717) is 11.5 Å². The van der Waals surface area contributed by atoms with Crippen LogP contribution in [0.1, 0.15) is 0 Å². The van der Waals surface area contributed by atoms with Crippen molar-refractivity contribution >= 4 is 21.6 Å². The molecule has 1 aliphatic rings. The van der Waals surface area contributed by atoms with Crippen LogP contribution in [0.4, 0.5) is 0 Å². The number of hydrogen-bond donors (Lipinski definition) is 1. The highest BCUT2D eigenvalue weighted by atomic mass is 32.3. The van der Waals surface area contributed by atoms with Crippen LogP contribution < -0.4 is 0 Å². The SMILES string of the molecule is O=[S@@]1CC[S@@](=O)C1CO.